The first kappa shape index (κ1) is 24.5. The standard InChI is InChI=1S/C20H29N3O5S/c1-20(2,3)21-16(24)11-23(6)17(25)12-28-19(27)14-9-7-8-10-15(14)29-13-18(26)22(4)5/h7-10H,11-13H2,1-6H3,(H,21,24). The molecule has 0 unspecified atom stereocenters. The van der Waals surface area contributed by atoms with Crippen molar-refractivity contribution in [2.75, 3.05) is 40.0 Å². The lowest BCUT2D eigenvalue weighted by Gasteiger charge is -2.23. The number of likely N-dealkylation sites (N-methyl/N-ethyl adjacent to an activating group) is 1. The number of ether oxygens (including phenoxy) is 1. The lowest BCUT2D eigenvalue weighted by molar-refractivity contribution is -0.137. The summed E-state index contributed by atoms with van der Waals surface area (Å²) in [6.45, 7) is 4.92. The summed E-state index contributed by atoms with van der Waals surface area (Å²) < 4.78 is 5.12. The first-order valence-corrected chi connectivity index (χ1v) is 10.0. The summed E-state index contributed by atoms with van der Waals surface area (Å²) in [5.41, 5.74) is -0.118. The molecule has 1 N–H and O–H groups in total. The number of carbonyl (C=O) groups is 4. The van der Waals surface area contributed by atoms with Crippen LogP contribution in [0.5, 0.6) is 0 Å². The Bertz CT molecular complexity index is 759. The summed E-state index contributed by atoms with van der Waals surface area (Å²) in [7, 11) is 4.79. The van der Waals surface area contributed by atoms with Crippen molar-refractivity contribution in [2.45, 2.75) is 31.2 Å². The molecule has 0 aliphatic rings. The van der Waals surface area contributed by atoms with Gasteiger partial charge in [0.05, 0.1) is 17.9 Å². The summed E-state index contributed by atoms with van der Waals surface area (Å²) in [4.78, 5) is 51.5. The molecule has 0 aliphatic carbocycles. The monoisotopic (exact) mass is 423 g/mol. The number of thioether (sulfide) groups is 1. The van der Waals surface area contributed by atoms with Gasteiger partial charge in [0.2, 0.25) is 11.8 Å². The van der Waals surface area contributed by atoms with Crippen LogP contribution in [0.15, 0.2) is 29.2 Å². The molecule has 8 nitrogen and oxygen atoms in total. The Balaban J connectivity index is 2.63. The van der Waals surface area contributed by atoms with Gasteiger partial charge in [-0.2, -0.15) is 0 Å². The second-order valence-corrected chi connectivity index (χ2v) is 8.71. The summed E-state index contributed by atoms with van der Waals surface area (Å²) in [6.07, 6.45) is 0. The Morgan fingerprint density at radius 3 is 2.24 bits per heavy atom. The van der Waals surface area contributed by atoms with E-state index in [1.807, 2.05) is 20.8 Å². The quantitative estimate of drug-likeness (QED) is 0.502. The molecule has 1 aromatic carbocycles. The van der Waals surface area contributed by atoms with Crippen molar-refractivity contribution in [3.63, 3.8) is 0 Å². The van der Waals surface area contributed by atoms with Crippen LogP contribution in [-0.2, 0) is 19.1 Å². The summed E-state index contributed by atoms with van der Waals surface area (Å²) >= 11 is 1.23. The highest BCUT2D eigenvalue weighted by molar-refractivity contribution is 8.00. The SMILES string of the molecule is CN(C)C(=O)CSc1ccccc1C(=O)OCC(=O)N(C)CC(=O)NC(C)(C)C. The molecule has 160 valence electrons. The lowest BCUT2D eigenvalue weighted by Crippen LogP contribution is -2.46. The third-order valence-corrected chi connectivity index (χ3v) is 4.66. The Morgan fingerprint density at radius 1 is 1.03 bits per heavy atom. The van der Waals surface area contributed by atoms with Crippen molar-refractivity contribution in [3.8, 4) is 0 Å². The Kier molecular flexibility index (Phi) is 9.16. The van der Waals surface area contributed by atoms with E-state index in [1.165, 1.54) is 28.6 Å². The van der Waals surface area contributed by atoms with Crippen LogP contribution in [0.25, 0.3) is 0 Å². The van der Waals surface area contributed by atoms with Crippen molar-refractivity contribution < 1.29 is 23.9 Å². The topological polar surface area (TPSA) is 96.0 Å². The van der Waals surface area contributed by atoms with Crippen molar-refractivity contribution in [1.29, 1.82) is 0 Å². The van der Waals surface area contributed by atoms with Crippen molar-refractivity contribution in [1.82, 2.24) is 15.1 Å². The van der Waals surface area contributed by atoms with Gasteiger partial charge in [0.25, 0.3) is 5.91 Å². The minimum atomic E-state index is -0.661. The third-order valence-electron chi connectivity index (χ3n) is 3.60. The van der Waals surface area contributed by atoms with E-state index in [-0.39, 0.29) is 29.7 Å². The van der Waals surface area contributed by atoms with E-state index in [0.717, 1.165) is 0 Å². The molecule has 0 aliphatic heterocycles. The van der Waals surface area contributed by atoms with Crippen molar-refractivity contribution >= 4 is 35.5 Å². The number of esters is 1. The molecule has 3 amide bonds. The minimum absolute atomic E-state index is 0.0801. The molecule has 29 heavy (non-hydrogen) atoms. The zero-order valence-electron chi connectivity index (χ0n) is 17.8. The second-order valence-electron chi connectivity index (χ2n) is 7.70. The van der Waals surface area contributed by atoms with Crippen LogP contribution < -0.4 is 5.32 Å². The van der Waals surface area contributed by atoms with Crippen LogP contribution >= 0.6 is 11.8 Å². The largest absolute Gasteiger partial charge is 0.452 e. The summed E-state index contributed by atoms with van der Waals surface area (Å²) in [6, 6.07) is 6.73. The van der Waals surface area contributed by atoms with E-state index in [2.05, 4.69) is 5.32 Å². The van der Waals surface area contributed by atoms with E-state index in [0.29, 0.717) is 4.90 Å². The minimum Gasteiger partial charge on any atom is -0.452 e. The molecule has 1 aromatic rings. The van der Waals surface area contributed by atoms with Gasteiger partial charge in [-0.3, -0.25) is 14.4 Å². The first-order valence-electron chi connectivity index (χ1n) is 9.05. The molecule has 0 spiro atoms. The van der Waals surface area contributed by atoms with Gasteiger partial charge in [-0.1, -0.05) is 12.1 Å². The van der Waals surface area contributed by atoms with Crippen molar-refractivity contribution in [2.24, 2.45) is 0 Å². The molecule has 0 atom stereocenters. The predicted octanol–water partition coefficient (Wildman–Crippen LogP) is 1.40. The normalized spacial score (nSPS) is 10.8. The average molecular weight is 424 g/mol. The number of carbonyl (C=O) groups excluding carboxylic acids is 4. The average Bonchev–Trinajstić information content (AvgIpc) is 2.62. The van der Waals surface area contributed by atoms with Gasteiger partial charge in [-0.25, -0.2) is 4.79 Å². The Hall–Kier alpha value is -2.55. The van der Waals surface area contributed by atoms with Crippen LogP contribution in [0.3, 0.4) is 0 Å². The Morgan fingerprint density at radius 2 is 1.66 bits per heavy atom. The lowest BCUT2D eigenvalue weighted by atomic mass is 10.1. The molecule has 0 saturated heterocycles. The highest BCUT2D eigenvalue weighted by Crippen LogP contribution is 2.23. The highest BCUT2D eigenvalue weighted by atomic mass is 32.2. The first-order chi connectivity index (χ1) is 13.4. The maximum absolute atomic E-state index is 12.4. The zero-order chi connectivity index (χ0) is 22.2. The smallest absolute Gasteiger partial charge is 0.339 e. The number of hydrogen-bond acceptors (Lipinski definition) is 6. The van der Waals surface area contributed by atoms with E-state index in [9.17, 15) is 19.2 Å². The van der Waals surface area contributed by atoms with E-state index in [1.54, 1.807) is 38.4 Å². The van der Waals surface area contributed by atoms with Crippen LogP contribution in [-0.4, -0.2) is 79.1 Å². The molecule has 0 aromatic heterocycles. The van der Waals surface area contributed by atoms with Crippen molar-refractivity contribution in [3.05, 3.63) is 29.8 Å². The predicted molar refractivity (Wildman–Crippen MR) is 112 cm³/mol. The zero-order valence-corrected chi connectivity index (χ0v) is 18.6. The number of benzene rings is 1. The fourth-order valence-electron chi connectivity index (χ4n) is 2.11. The Labute approximate surface area is 175 Å². The van der Waals surface area contributed by atoms with Gasteiger partial charge in [-0.05, 0) is 32.9 Å². The number of rotatable bonds is 8. The van der Waals surface area contributed by atoms with Gasteiger partial charge < -0.3 is 19.9 Å². The maximum atomic E-state index is 12.4. The number of nitrogens with zero attached hydrogens (tertiary/aromatic N) is 2. The van der Waals surface area contributed by atoms with Gasteiger partial charge in [-0.15, -0.1) is 11.8 Å². The third kappa shape index (κ3) is 8.99. The highest BCUT2D eigenvalue weighted by Gasteiger charge is 2.20. The fourth-order valence-corrected chi connectivity index (χ4v) is 3.13. The van der Waals surface area contributed by atoms with Gasteiger partial charge in [0.1, 0.15) is 0 Å². The summed E-state index contributed by atoms with van der Waals surface area (Å²) in [5.74, 6) is -1.35. The van der Waals surface area contributed by atoms with Crippen LogP contribution in [0, 0.1) is 0 Å². The van der Waals surface area contributed by atoms with E-state index >= 15 is 0 Å². The van der Waals surface area contributed by atoms with Gasteiger partial charge >= 0.3 is 5.97 Å². The molecule has 0 bridgehead atoms. The molecule has 1 rings (SSSR count). The van der Waals surface area contributed by atoms with E-state index < -0.39 is 24.0 Å². The van der Waals surface area contributed by atoms with E-state index in [4.69, 9.17) is 4.74 Å². The van der Waals surface area contributed by atoms with Crippen LogP contribution in [0.4, 0.5) is 0 Å². The summed E-state index contributed by atoms with van der Waals surface area (Å²) in [5, 5.41) is 2.76. The number of hydrogen-bond donors (Lipinski definition) is 1. The van der Waals surface area contributed by atoms with Gasteiger partial charge in [0, 0.05) is 31.6 Å². The second kappa shape index (κ2) is 10.8. The maximum Gasteiger partial charge on any atom is 0.339 e. The number of amides is 3. The van der Waals surface area contributed by atoms with Gasteiger partial charge in [0.15, 0.2) is 6.61 Å². The molecule has 9 heteroatoms. The fraction of sp³-hybridized carbons (Fsp3) is 0.500. The molecule has 0 radical (unpaired) electrons. The molecular weight excluding hydrogens is 394 g/mol. The molecule has 0 saturated carbocycles. The van der Waals surface area contributed by atoms with Crippen LogP contribution in [0.2, 0.25) is 0 Å². The van der Waals surface area contributed by atoms with Crippen LogP contribution in [0.1, 0.15) is 31.1 Å². The number of nitrogens with one attached hydrogen (secondary N) is 1. The molecule has 0 heterocycles. The molecular formula is C20H29N3O5S. The molecule has 0 fully saturated rings.